The van der Waals surface area contributed by atoms with Crippen LogP contribution in [0.15, 0.2) is 0 Å². The van der Waals surface area contributed by atoms with Gasteiger partial charge in [0, 0.05) is 19.6 Å². The molecule has 0 saturated carbocycles. The van der Waals surface area contributed by atoms with E-state index in [9.17, 15) is 5.26 Å². The van der Waals surface area contributed by atoms with Crippen molar-refractivity contribution in [3.05, 3.63) is 0 Å². The Morgan fingerprint density at radius 1 is 1.59 bits per heavy atom. The third-order valence-electron chi connectivity index (χ3n) is 3.27. The average Bonchev–Trinajstić information content (AvgIpc) is 2.34. The smallest absolute Gasteiger partial charge is 0.105 e. The molecule has 0 aromatic rings. The molecule has 1 fully saturated rings. The minimum Gasteiger partial charge on any atom is -0.376 e. The molecule has 1 saturated heterocycles. The van der Waals surface area contributed by atoms with Crippen LogP contribution in [0.5, 0.6) is 0 Å². The molecule has 0 bridgehead atoms. The van der Waals surface area contributed by atoms with Gasteiger partial charge in [-0.15, -0.1) is 0 Å². The van der Waals surface area contributed by atoms with Gasteiger partial charge >= 0.3 is 0 Å². The van der Waals surface area contributed by atoms with E-state index in [0.29, 0.717) is 6.10 Å². The second kappa shape index (κ2) is 6.95. The van der Waals surface area contributed by atoms with Crippen molar-refractivity contribution >= 4 is 0 Å². The van der Waals surface area contributed by atoms with E-state index in [0.717, 1.165) is 45.6 Å². The summed E-state index contributed by atoms with van der Waals surface area (Å²) in [5.41, 5.74) is -0.391. The molecule has 0 spiro atoms. The molecular weight excluding hydrogens is 214 g/mol. The van der Waals surface area contributed by atoms with Gasteiger partial charge in [0.15, 0.2) is 0 Å². The molecule has 98 valence electrons. The first kappa shape index (κ1) is 14.4. The standard InChI is InChI=1S/C13H25N3O/c1-4-6-15-13(3,11-14)5-7-16-8-9-17-12(2)10-16/h12,15H,4-10H2,1-3H3. The predicted octanol–water partition coefficient (Wildman–Crippen LogP) is 1.38. The van der Waals surface area contributed by atoms with Gasteiger partial charge < -0.3 is 4.74 Å². The summed E-state index contributed by atoms with van der Waals surface area (Å²) >= 11 is 0. The van der Waals surface area contributed by atoms with Crippen LogP contribution in [0.4, 0.5) is 0 Å². The van der Waals surface area contributed by atoms with Crippen LogP contribution in [-0.4, -0.2) is 49.3 Å². The lowest BCUT2D eigenvalue weighted by atomic mass is 9.99. The summed E-state index contributed by atoms with van der Waals surface area (Å²) in [5.74, 6) is 0. The molecule has 0 radical (unpaired) electrons. The van der Waals surface area contributed by atoms with Crippen molar-refractivity contribution in [3.63, 3.8) is 0 Å². The lowest BCUT2D eigenvalue weighted by molar-refractivity contribution is -0.0198. The lowest BCUT2D eigenvalue weighted by Gasteiger charge is -2.33. The van der Waals surface area contributed by atoms with Gasteiger partial charge in [-0.3, -0.25) is 10.2 Å². The second-order valence-corrected chi connectivity index (χ2v) is 5.10. The summed E-state index contributed by atoms with van der Waals surface area (Å²) in [6.07, 6.45) is 2.25. The molecule has 1 rings (SSSR count). The Bertz CT molecular complexity index is 264. The number of hydrogen-bond donors (Lipinski definition) is 1. The number of morpholine rings is 1. The van der Waals surface area contributed by atoms with Gasteiger partial charge in [-0.2, -0.15) is 5.26 Å². The summed E-state index contributed by atoms with van der Waals surface area (Å²) in [7, 11) is 0. The van der Waals surface area contributed by atoms with Gasteiger partial charge in [0.25, 0.3) is 0 Å². The number of nitriles is 1. The molecule has 4 nitrogen and oxygen atoms in total. The van der Waals surface area contributed by atoms with Crippen LogP contribution in [-0.2, 0) is 4.74 Å². The van der Waals surface area contributed by atoms with E-state index in [1.165, 1.54) is 0 Å². The lowest BCUT2D eigenvalue weighted by Crippen LogP contribution is -2.47. The maximum atomic E-state index is 9.24. The highest BCUT2D eigenvalue weighted by molar-refractivity contribution is 5.04. The number of ether oxygens (including phenoxy) is 1. The van der Waals surface area contributed by atoms with Gasteiger partial charge in [-0.05, 0) is 33.2 Å². The normalized spacial score (nSPS) is 25.2. The zero-order valence-electron chi connectivity index (χ0n) is 11.3. The van der Waals surface area contributed by atoms with E-state index < -0.39 is 5.54 Å². The van der Waals surface area contributed by atoms with Crippen molar-refractivity contribution in [2.24, 2.45) is 0 Å². The third-order valence-corrected chi connectivity index (χ3v) is 3.27. The highest BCUT2D eigenvalue weighted by Gasteiger charge is 2.25. The molecule has 17 heavy (non-hydrogen) atoms. The molecule has 0 aromatic carbocycles. The molecule has 2 atom stereocenters. The predicted molar refractivity (Wildman–Crippen MR) is 68.8 cm³/mol. The Kier molecular flexibility index (Phi) is 5.90. The van der Waals surface area contributed by atoms with Crippen LogP contribution in [0, 0.1) is 11.3 Å². The minimum absolute atomic E-state index is 0.320. The molecule has 1 aliphatic rings. The second-order valence-electron chi connectivity index (χ2n) is 5.10. The summed E-state index contributed by atoms with van der Waals surface area (Å²) in [4.78, 5) is 2.39. The van der Waals surface area contributed by atoms with Crippen LogP contribution in [0.3, 0.4) is 0 Å². The molecule has 0 aliphatic carbocycles. The molecule has 1 heterocycles. The fourth-order valence-electron chi connectivity index (χ4n) is 2.06. The van der Waals surface area contributed by atoms with Crippen molar-refractivity contribution in [2.75, 3.05) is 32.8 Å². The summed E-state index contributed by atoms with van der Waals surface area (Å²) in [5, 5.41) is 12.6. The quantitative estimate of drug-likeness (QED) is 0.761. The van der Waals surface area contributed by atoms with Crippen LogP contribution in [0.1, 0.15) is 33.6 Å². The van der Waals surface area contributed by atoms with E-state index >= 15 is 0 Å². The SMILES string of the molecule is CCCNC(C)(C#N)CCN1CCOC(C)C1. The Morgan fingerprint density at radius 3 is 2.94 bits per heavy atom. The monoisotopic (exact) mass is 239 g/mol. The van der Waals surface area contributed by atoms with Gasteiger partial charge in [0.2, 0.25) is 0 Å². The van der Waals surface area contributed by atoms with Crippen molar-refractivity contribution in [3.8, 4) is 6.07 Å². The van der Waals surface area contributed by atoms with Crippen molar-refractivity contribution in [1.82, 2.24) is 10.2 Å². The summed E-state index contributed by atoms with van der Waals surface area (Å²) < 4.78 is 5.51. The van der Waals surface area contributed by atoms with E-state index in [1.807, 2.05) is 6.92 Å². The van der Waals surface area contributed by atoms with Gasteiger partial charge in [0.1, 0.15) is 5.54 Å². The third kappa shape index (κ3) is 5.03. The first-order valence-electron chi connectivity index (χ1n) is 6.60. The van der Waals surface area contributed by atoms with E-state index in [1.54, 1.807) is 0 Å². The van der Waals surface area contributed by atoms with Crippen molar-refractivity contribution in [2.45, 2.75) is 45.3 Å². The van der Waals surface area contributed by atoms with Gasteiger partial charge in [-0.25, -0.2) is 0 Å². The zero-order valence-corrected chi connectivity index (χ0v) is 11.3. The fourth-order valence-corrected chi connectivity index (χ4v) is 2.06. The zero-order chi connectivity index (χ0) is 12.7. The van der Waals surface area contributed by atoms with Crippen LogP contribution in [0.25, 0.3) is 0 Å². The van der Waals surface area contributed by atoms with Crippen LogP contribution in [0.2, 0.25) is 0 Å². The minimum atomic E-state index is -0.391. The maximum Gasteiger partial charge on any atom is 0.105 e. The largest absolute Gasteiger partial charge is 0.376 e. The van der Waals surface area contributed by atoms with Crippen LogP contribution < -0.4 is 5.32 Å². The summed E-state index contributed by atoms with van der Waals surface area (Å²) in [6, 6.07) is 2.40. The van der Waals surface area contributed by atoms with E-state index in [4.69, 9.17) is 4.74 Å². The molecular formula is C13H25N3O. The Hall–Kier alpha value is -0.630. The average molecular weight is 239 g/mol. The first-order valence-corrected chi connectivity index (χ1v) is 6.60. The Labute approximate surface area is 105 Å². The fraction of sp³-hybridized carbons (Fsp3) is 0.923. The van der Waals surface area contributed by atoms with Crippen LogP contribution >= 0.6 is 0 Å². The Morgan fingerprint density at radius 2 is 2.35 bits per heavy atom. The topological polar surface area (TPSA) is 48.3 Å². The summed E-state index contributed by atoms with van der Waals surface area (Å²) in [6.45, 7) is 10.9. The molecule has 0 amide bonds. The highest BCUT2D eigenvalue weighted by atomic mass is 16.5. The molecule has 0 aromatic heterocycles. The number of hydrogen-bond acceptors (Lipinski definition) is 4. The molecule has 1 N–H and O–H groups in total. The van der Waals surface area contributed by atoms with Gasteiger partial charge in [-0.1, -0.05) is 6.92 Å². The molecule has 4 heteroatoms. The first-order chi connectivity index (χ1) is 8.09. The van der Waals surface area contributed by atoms with E-state index in [2.05, 4.69) is 30.1 Å². The Balaban J connectivity index is 2.34. The maximum absolute atomic E-state index is 9.24. The number of rotatable bonds is 6. The number of nitrogens with zero attached hydrogens (tertiary/aromatic N) is 2. The highest BCUT2D eigenvalue weighted by Crippen LogP contribution is 2.12. The van der Waals surface area contributed by atoms with Gasteiger partial charge in [0.05, 0.1) is 18.8 Å². The molecule has 1 aliphatic heterocycles. The van der Waals surface area contributed by atoms with E-state index in [-0.39, 0.29) is 0 Å². The number of nitrogens with one attached hydrogen (secondary N) is 1. The van der Waals surface area contributed by atoms with Crippen molar-refractivity contribution in [1.29, 1.82) is 5.26 Å². The molecule has 2 unspecified atom stereocenters. The van der Waals surface area contributed by atoms with Crippen molar-refractivity contribution < 1.29 is 4.74 Å².